The first-order chi connectivity index (χ1) is 45.1. The van der Waals surface area contributed by atoms with E-state index in [1.807, 2.05) is 18.6 Å². The standard InChI is InChI=1S/C91H86N3.Ir/c1-88(2,3)69-39-43-75(84(56-69)80-42-38-65(55-83(80)62-30-20-15-21-31-62)87-59-72(46-49-94-87)91(10,11)12)68-51-66(73-32-22-24-34-76(73)78-40-36-63(53-81(78)60-26-16-13-17-27-60)85-57-70(44-47-92-85)89(4,5)6)50-67(52-68)74-33-23-25-35-77(74)79-41-37-64(54-82(79)61-28-18-14-19-29-61)86-58-71(45-48-93-86)90(7,8)9;/h13-35,39-49,53-59,66-68H,50-52H2,1-12H3;/q-3;+3. The van der Waals surface area contributed by atoms with Gasteiger partial charge >= 0.3 is 20.1 Å². The van der Waals surface area contributed by atoms with E-state index in [4.69, 9.17) is 15.0 Å². The minimum Gasteiger partial charge on any atom is -0.305 e. The quantitative estimate of drug-likeness (QED) is 0.114. The molecule has 95 heavy (non-hydrogen) atoms. The monoisotopic (exact) mass is 1410 g/mol. The van der Waals surface area contributed by atoms with Crippen LogP contribution in [0.25, 0.3) is 101 Å². The van der Waals surface area contributed by atoms with E-state index in [0.717, 1.165) is 64.2 Å². The van der Waals surface area contributed by atoms with Crippen molar-refractivity contribution in [2.45, 2.75) is 142 Å². The van der Waals surface area contributed by atoms with Crippen LogP contribution in [0.1, 0.15) is 159 Å². The Labute approximate surface area is 579 Å². The Balaban J connectivity index is 0.00000864. The van der Waals surface area contributed by atoms with Gasteiger partial charge in [0.1, 0.15) is 0 Å². The molecule has 13 rings (SSSR count). The summed E-state index contributed by atoms with van der Waals surface area (Å²) < 4.78 is 0. The summed E-state index contributed by atoms with van der Waals surface area (Å²) in [4.78, 5) is 14.9. The van der Waals surface area contributed by atoms with Crippen molar-refractivity contribution in [2.24, 2.45) is 0 Å². The van der Waals surface area contributed by atoms with Gasteiger partial charge in [-0.1, -0.05) is 309 Å². The van der Waals surface area contributed by atoms with E-state index in [-0.39, 0.29) is 59.5 Å². The number of hydrogen-bond acceptors (Lipinski definition) is 3. The van der Waals surface area contributed by atoms with Crippen molar-refractivity contribution in [3.8, 4) is 101 Å². The Morgan fingerprint density at radius 3 is 0.884 bits per heavy atom. The number of rotatable bonds is 12. The number of hydrogen-bond donors (Lipinski definition) is 0. The van der Waals surface area contributed by atoms with Crippen LogP contribution in [0.3, 0.4) is 0 Å². The maximum absolute atomic E-state index is 4.99. The third kappa shape index (κ3) is 14.2. The molecule has 0 aliphatic heterocycles. The van der Waals surface area contributed by atoms with Gasteiger partial charge in [-0.25, -0.2) is 0 Å². The zero-order valence-corrected chi connectivity index (χ0v) is 59.6. The van der Waals surface area contributed by atoms with Crippen molar-refractivity contribution in [1.29, 1.82) is 0 Å². The summed E-state index contributed by atoms with van der Waals surface area (Å²) in [6.07, 6.45) is 8.72. The molecular weight excluding hydrogens is 1330 g/mol. The Kier molecular flexibility index (Phi) is 18.8. The summed E-state index contributed by atoms with van der Waals surface area (Å²) in [5, 5.41) is 0. The van der Waals surface area contributed by atoms with Gasteiger partial charge in [0.15, 0.2) is 0 Å². The van der Waals surface area contributed by atoms with Crippen LogP contribution in [0.2, 0.25) is 0 Å². The Bertz CT molecular complexity index is 4490. The van der Waals surface area contributed by atoms with Crippen molar-refractivity contribution >= 4 is 0 Å². The SMILES string of the molecule is CC(C)(C)c1ccnc(-c2[c-]cc(-c3ccccc3C3CC(c4ccccc4-c4c[c-]c(-c5cc(C(C)(C)C)ccn5)cc4-c4ccccc4)CC(c4ccc(C(C)(C)C)cc4-c4c[c-]c(-c5cc(C(C)(C)C)ccn5)cc4-c4ccccc4)C3)c(-c3ccccc3)c2)c1.[Ir+3]. The largest absolute Gasteiger partial charge is 3.00 e. The third-order valence-corrected chi connectivity index (χ3v) is 19.6. The van der Waals surface area contributed by atoms with Gasteiger partial charge in [0.05, 0.1) is 0 Å². The van der Waals surface area contributed by atoms with Gasteiger partial charge in [0.2, 0.25) is 0 Å². The average Bonchev–Trinajstić information content (AvgIpc) is 0.764. The van der Waals surface area contributed by atoms with E-state index in [0.29, 0.717) is 0 Å². The fraction of sp³-hybridized carbons (Fsp3) is 0.242. The summed E-state index contributed by atoms with van der Waals surface area (Å²) in [7, 11) is 0. The number of nitrogens with zero attached hydrogens (tertiary/aromatic N) is 3. The van der Waals surface area contributed by atoms with Crippen LogP contribution in [0.4, 0.5) is 0 Å². The summed E-state index contributed by atoms with van der Waals surface area (Å²) in [5.74, 6) is 0.461. The first kappa shape index (κ1) is 66.1. The van der Waals surface area contributed by atoms with Crippen molar-refractivity contribution in [2.75, 3.05) is 0 Å². The Morgan fingerprint density at radius 1 is 0.274 bits per heavy atom. The molecule has 1 aliphatic rings. The van der Waals surface area contributed by atoms with Crippen LogP contribution in [0.15, 0.2) is 249 Å². The number of benzene rings is 9. The number of pyridine rings is 3. The van der Waals surface area contributed by atoms with Crippen molar-refractivity contribution in [1.82, 2.24) is 15.0 Å². The molecular formula is C91H86IrN3. The Hall–Kier alpha value is -8.92. The zero-order valence-electron chi connectivity index (χ0n) is 57.2. The molecule has 1 saturated carbocycles. The van der Waals surface area contributed by atoms with Gasteiger partial charge in [0, 0.05) is 18.6 Å². The van der Waals surface area contributed by atoms with Gasteiger partial charge in [-0.2, -0.15) is 0 Å². The predicted molar refractivity (Wildman–Crippen MR) is 395 cm³/mol. The van der Waals surface area contributed by atoms with Crippen molar-refractivity contribution in [3.63, 3.8) is 0 Å². The minimum atomic E-state index is -0.111. The molecule has 474 valence electrons. The molecule has 0 radical (unpaired) electrons. The normalized spacial score (nSPS) is 15.3. The molecule has 4 heteroatoms. The van der Waals surface area contributed by atoms with E-state index in [2.05, 4.69) is 332 Å². The van der Waals surface area contributed by atoms with Gasteiger partial charge < -0.3 is 15.0 Å². The molecule has 3 nitrogen and oxygen atoms in total. The topological polar surface area (TPSA) is 38.7 Å². The smallest absolute Gasteiger partial charge is 0.305 e. The van der Waals surface area contributed by atoms with Crippen LogP contribution < -0.4 is 0 Å². The first-order valence-corrected chi connectivity index (χ1v) is 33.7. The summed E-state index contributed by atoms with van der Waals surface area (Å²) in [5.41, 5.74) is 28.9. The second-order valence-electron chi connectivity index (χ2n) is 30.2. The zero-order chi connectivity index (χ0) is 65.5. The van der Waals surface area contributed by atoms with Crippen LogP contribution in [0, 0.1) is 18.2 Å². The van der Waals surface area contributed by atoms with E-state index >= 15 is 0 Å². The van der Waals surface area contributed by atoms with E-state index in [9.17, 15) is 0 Å². The molecule has 1 fully saturated rings. The summed E-state index contributed by atoms with van der Waals surface area (Å²) in [6.45, 7) is 27.4. The molecule has 2 unspecified atom stereocenters. The number of aromatic nitrogens is 3. The van der Waals surface area contributed by atoms with E-state index < -0.39 is 0 Å². The second kappa shape index (κ2) is 27.1. The van der Waals surface area contributed by atoms with Crippen molar-refractivity contribution < 1.29 is 20.1 Å². The molecule has 0 spiro atoms. The predicted octanol–water partition coefficient (Wildman–Crippen LogP) is 24.3. The molecule has 3 heterocycles. The van der Waals surface area contributed by atoms with E-state index in [1.165, 1.54) is 94.6 Å². The Morgan fingerprint density at radius 2 is 0.558 bits per heavy atom. The van der Waals surface area contributed by atoms with Gasteiger partial charge in [-0.3, -0.25) is 0 Å². The fourth-order valence-electron chi connectivity index (χ4n) is 14.2. The van der Waals surface area contributed by atoms with Gasteiger partial charge in [-0.05, 0) is 150 Å². The minimum absolute atomic E-state index is 0. The van der Waals surface area contributed by atoms with Crippen LogP contribution in [-0.2, 0) is 41.8 Å². The maximum Gasteiger partial charge on any atom is 3.00 e. The molecule has 1 aliphatic carbocycles. The van der Waals surface area contributed by atoms with Crippen LogP contribution in [-0.4, -0.2) is 15.0 Å². The summed E-state index contributed by atoms with van der Waals surface area (Å²) in [6, 6.07) is 97.3. The van der Waals surface area contributed by atoms with Crippen LogP contribution >= 0.6 is 0 Å². The molecule has 0 amide bonds. The molecule has 0 bridgehead atoms. The summed E-state index contributed by atoms with van der Waals surface area (Å²) >= 11 is 0. The molecule has 0 saturated heterocycles. The van der Waals surface area contributed by atoms with Gasteiger partial charge in [-0.15, -0.1) is 71.3 Å². The van der Waals surface area contributed by atoms with Crippen molar-refractivity contribution in [3.05, 3.63) is 306 Å². The molecule has 12 aromatic rings. The van der Waals surface area contributed by atoms with Gasteiger partial charge in [0.25, 0.3) is 0 Å². The molecule has 3 aromatic heterocycles. The third-order valence-electron chi connectivity index (χ3n) is 19.6. The molecule has 0 N–H and O–H groups in total. The second-order valence-corrected chi connectivity index (χ2v) is 30.2. The average molecular weight is 1410 g/mol. The maximum atomic E-state index is 4.99. The first-order valence-electron chi connectivity index (χ1n) is 33.7. The molecule has 2 atom stereocenters. The van der Waals surface area contributed by atoms with E-state index in [1.54, 1.807) is 0 Å². The molecule has 9 aromatic carbocycles. The fourth-order valence-corrected chi connectivity index (χ4v) is 14.2. The van der Waals surface area contributed by atoms with Crippen LogP contribution in [0.5, 0.6) is 0 Å².